The van der Waals surface area contributed by atoms with Crippen LogP contribution >= 0.6 is 11.6 Å². The summed E-state index contributed by atoms with van der Waals surface area (Å²) in [6.07, 6.45) is 1.79. The summed E-state index contributed by atoms with van der Waals surface area (Å²) < 4.78 is 5.32. The third-order valence-corrected chi connectivity index (χ3v) is 4.04. The lowest BCUT2D eigenvalue weighted by Crippen LogP contribution is -2.30. The number of amides is 1. The van der Waals surface area contributed by atoms with E-state index in [2.05, 4.69) is 5.16 Å². The number of rotatable bonds is 2. The van der Waals surface area contributed by atoms with Crippen molar-refractivity contribution in [3.05, 3.63) is 46.3 Å². The molecule has 1 unspecified atom stereocenters. The second kappa shape index (κ2) is 5.41. The summed E-state index contributed by atoms with van der Waals surface area (Å²) in [5, 5.41) is 4.31. The summed E-state index contributed by atoms with van der Waals surface area (Å²) in [5.41, 5.74) is 7.52. The second-order valence-corrected chi connectivity index (χ2v) is 5.67. The molecule has 0 spiro atoms. The molecule has 2 heterocycles. The summed E-state index contributed by atoms with van der Waals surface area (Å²) in [6.45, 7) is 2.54. The summed E-state index contributed by atoms with van der Waals surface area (Å²) in [5.74, 6) is 0.599. The topological polar surface area (TPSA) is 72.4 Å². The molecular formula is C15H16ClN3O2. The van der Waals surface area contributed by atoms with Gasteiger partial charge in [-0.1, -0.05) is 16.8 Å². The molecular weight excluding hydrogens is 290 g/mol. The van der Waals surface area contributed by atoms with Crippen LogP contribution < -0.4 is 5.73 Å². The van der Waals surface area contributed by atoms with Gasteiger partial charge in [0.1, 0.15) is 0 Å². The number of hydrogen-bond acceptors (Lipinski definition) is 4. The quantitative estimate of drug-likeness (QED) is 0.865. The van der Waals surface area contributed by atoms with Gasteiger partial charge in [-0.15, -0.1) is 0 Å². The minimum Gasteiger partial charge on any atom is -0.399 e. The van der Waals surface area contributed by atoms with Crippen LogP contribution in [-0.2, 0) is 0 Å². The molecule has 1 aliphatic heterocycles. The summed E-state index contributed by atoms with van der Waals surface area (Å²) in [6, 6.07) is 6.73. The molecule has 2 aromatic rings. The second-order valence-electron chi connectivity index (χ2n) is 5.27. The van der Waals surface area contributed by atoms with E-state index in [1.165, 1.54) is 0 Å². The Morgan fingerprint density at radius 1 is 1.48 bits per heavy atom. The van der Waals surface area contributed by atoms with Crippen LogP contribution in [0.2, 0.25) is 5.02 Å². The van der Waals surface area contributed by atoms with E-state index >= 15 is 0 Å². The van der Waals surface area contributed by atoms with E-state index < -0.39 is 0 Å². The molecule has 0 bridgehead atoms. The summed E-state index contributed by atoms with van der Waals surface area (Å²) in [4.78, 5) is 14.5. The number of likely N-dealkylation sites (tertiary alicyclic amines) is 1. The van der Waals surface area contributed by atoms with Gasteiger partial charge in [0.05, 0.1) is 22.3 Å². The van der Waals surface area contributed by atoms with E-state index in [-0.39, 0.29) is 11.9 Å². The number of carbonyl (C=O) groups is 1. The minimum absolute atomic E-state index is 0.0869. The van der Waals surface area contributed by atoms with E-state index in [1.54, 1.807) is 23.1 Å². The zero-order chi connectivity index (χ0) is 15.0. The molecule has 0 aliphatic carbocycles. The number of nitrogen functional groups attached to an aromatic ring is 1. The monoisotopic (exact) mass is 305 g/mol. The van der Waals surface area contributed by atoms with Crippen molar-refractivity contribution < 1.29 is 9.32 Å². The zero-order valence-corrected chi connectivity index (χ0v) is 12.4. The average molecular weight is 306 g/mol. The van der Waals surface area contributed by atoms with Crippen molar-refractivity contribution in [2.45, 2.75) is 25.8 Å². The molecule has 0 radical (unpaired) electrons. The Hall–Kier alpha value is -2.01. The highest BCUT2D eigenvalue weighted by Gasteiger charge is 2.33. The fourth-order valence-electron chi connectivity index (χ4n) is 2.71. The molecule has 1 atom stereocenters. The van der Waals surface area contributed by atoms with Crippen LogP contribution in [0.15, 0.2) is 28.8 Å². The van der Waals surface area contributed by atoms with Gasteiger partial charge in [-0.3, -0.25) is 4.79 Å². The number of aromatic nitrogens is 1. The van der Waals surface area contributed by atoms with Crippen molar-refractivity contribution in [2.75, 3.05) is 12.3 Å². The number of carbonyl (C=O) groups excluding carboxylic acids is 1. The number of nitrogens with two attached hydrogens (primary N) is 1. The van der Waals surface area contributed by atoms with Crippen molar-refractivity contribution in [3.63, 3.8) is 0 Å². The Morgan fingerprint density at radius 2 is 2.29 bits per heavy atom. The van der Waals surface area contributed by atoms with E-state index in [4.69, 9.17) is 21.9 Å². The van der Waals surface area contributed by atoms with Gasteiger partial charge in [-0.2, -0.15) is 0 Å². The number of hydrogen-bond donors (Lipinski definition) is 1. The summed E-state index contributed by atoms with van der Waals surface area (Å²) >= 11 is 6.13. The molecule has 3 rings (SSSR count). The molecule has 1 saturated heterocycles. The molecule has 21 heavy (non-hydrogen) atoms. The van der Waals surface area contributed by atoms with Gasteiger partial charge >= 0.3 is 0 Å². The number of aryl methyl sites for hydroxylation is 1. The van der Waals surface area contributed by atoms with Gasteiger partial charge in [-0.05, 0) is 38.0 Å². The van der Waals surface area contributed by atoms with Crippen LogP contribution in [0.1, 0.15) is 40.7 Å². The standard InChI is InChI=1S/C15H16ClN3O2/c1-9-7-14(21-18-9)13-3-2-6-19(13)15(20)11-8-10(17)4-5-12(11)16/h4-5,7-8,13H,2-3,6,17H2,1H3. The number of halogens is 1. The first-order chi connectivity index (χ1) is 10.1. The SMILES string of the molecule is Cc1cc(C2CCCN2C(=O)c2cc(N)ccc2Cl)on1. The first-order valence-electron chi connectivity index (χ1n) is 6.85. The maximum Gasteiger partial charge on any atom is 0.256 e. The molecule has 1 aromatic carbocycles. The van der Waals surface area contributed by atoms with Crippen molar-refractivity contribution >= 4 is 23.2 Å². The molecule has 1 fully saturated rings. The third-order valence-electron chi connectivity index (χ3n) is 3.71. The first-order valence-corrected chi connectivity index (χ1v) is 7.23. The molecule has 0 saturated carbocycles. The number of nitrogens with zero attached hydrogens (tertiary/aromatic N) is 2. The van der Waals surface area contributed by atoms with Crippen molar-refractivity contribution in [3.8, 4) is 0 Å². The van der Waals surface area contributed by atoms with Gasteiger partial charge in [0.2, 0.25) is 0 Å². The van der Waals surface area contributed by atoms with Crippen LogP contribution in [0, 0.1) is 6.92 Å². The number of benzene rings is 1. The fraction of sp³-hybridized carbons (Fsp3) is 0.333. The fourth-order valence-corrected chi connectivity index (χ4v) is 2.91. The molecule has 1 amide bonds. The lowest BCUT2D eigenvalue weighted by molar-refractivity contribution is 0.0715. The maximum atomic E-state index is 12.7. The Morgan fingerprint density at radius 3 is 3.00 bits per heavy atom. The predicted octanol–water partition coefficient (Wildman–Crippen LogP) is 3.20. The highest BCUT2D eigenvalue weighted by molar-refractivity contribution is 6.34. The van der Waals surface area contributed by atoms with Crippen LogP contribution in [0.3, 0.4) is 0 Å². The Labute approximate surface area is 127 Å². The van der Waals surface area contributed by atoms with Gasteiger partial charge in [0, 0.05) is 18.3 Å². The largest absolute Gasteiger partial charge is 0.399 e. The smallest absolute Gasteiger partial charge is 0.256 e. The van der Waals surface area contributed by atoms with Gasteiger partial charge in [-0.25, -0.2) is 0 Å². The Kier molecular flexibility index (Phi) is 3.59. The third kappa shape index (κ3) is 2.61. The van der Waals surface area contributed by atoms with Gasteiger partial charge in [0.25, 0.3) is 5.91 Å². The van der Waals surface area contributed by atoms with Crippen LogP contribution in [-0.4, -0.2) is 22.5 Å². The molecule has 2 N–H and O–H groups in total. The molecule has 1 aromatic heterocycles. The lowest BCUT2D eigenvalue weighted by atomic mass is 10.1. The average Bonchev–Trinajstić information content (AvgIpc) is 3.09. The zero-order valence-electron chi connectivity index (χ0n) is 11.7. The van der Waals surface area contributed by atoms with Crippen LogP contribution in [0.25, 0.3) is 0 Å². The van der Waals surface area contributed by atoms with Crippen molar-refractivity contribution in [1.82, 2.24) is 10.1 Å². The van der Waals surface area contributed by atoms with Crippen LogP contribution in [0.4, 0.5) is 5.69 Å². The van der Waals surface area contributed by atoms with E-state index in [1.807, 2.05) is 13.0 Å². The molecule has 6 heteroatoms. The normalized spacial score (nSPS) is 18.2. The highest BCUT2D eigenvalue weighted by Crippen LogP contribution is 2.34. The van der Waals surface area contributed by atoms with Gasteiger partial charge in [0.15, 0.2) is 5.76 Å². The molecule has 110 valence electrons. The molecule has 1 aliphatic rings. The Bertz CT molecular complexity index is 683. The van der Waals surface area contributed by atoms with E-state index in [0.29, 0.717) is 22.8 Å². The predicted molar refractivity (Wildman–Crippen MR) is 80.1 cm³/mol. The maximum absolute atomic E-state index is 12.7. The van der Waals surface area contributed by atoms with E-state index in [9.17, 15) is 4.79 Å². The lowest BCUT2D eigenvalue weighted by Gasteiger charge is -2.23. The number of anilines is 1. The first kappa shape index (κ1) is 13.9. The van der Waals surface area contributed by atoms with Crippen molar-refractivity contribution in [1.29, 1.82) is 0 Å². The summed E-state index contributed by atoms with van der Waals surface area (Å²) in [7, 11) is 0. The van der Waals surface area contributed by atoms with Crippen molar-refractivity contribution in [2.24, 2.45) is 0 Å². The minimum atomic E-state index is -0.121. The van der Waals surface area contributed by atoms with Crippen LogP contribution in [0.5, 0.6) is 0 Å². The van der Waals surface area contributed by atoms with Gasteiger partial charge < -0.3 is 15.2 Å². The molecule has 5 nitrogen and oxygen atoms in total. The Balaban J connectivity index is 1.91. The van der Waals surface area contributed by atoms with E-state index in [0.717, 1.165) is 24.3 Å². The highest BCUT2D eigenvalue weighted by atomic mass is 35.5.